The molecule has 5 heteroatoms. The van der Waals surface area contributed by atoms with Crippen LogP contribution in [0.2, 0.25) is 0 Å². The Bertz CT molecular complexity index is 428. The van der Waals surface area contributed by atoms with Gasteiger partial charge in [-0.25, -0.2) is 4.79 Å². The predicted molar refractivity (Wildman–Crippen MR) is 77.6 cm³/mol. The summed E-state index contributed by atoms with van der Waals surface area (Å²) < 4.78 is 4.69. The standard InChI is InChI=1S/C14H21NO3S/c1-4-6-7-10(5-2)13(16)15-11-8-9-19-12(11)14(17)18-3/h8-10H,4-7H2,1-3H3,(H,15,16)/t10-/m1/s1. The van der Waals surface area contributed by atoms with Gasteiger partial charge in [0.2, 0.25) is 5.91 Å². The van der Waals surface area contributed by atoms with E-state index in [9.17, 15) is 9.59 Å². The number of anilines is 1. The summed E-state index contributed by atoms with van der Waals surface area (Å²) in [5.41, 5.74) is 0.553. The van der Waals surface area contributed by atoms with E-state index in [4.69, 9.17) is 0 Å². The Hall–Kier alpha value is -1.36. The third-order valence-corrected chi connectivity index (χ3v) is 3.96. The summed E-state index contributed by atoms with van der Waals surface area (Å²) in [5.74, 6) is -0.420. The molecule has 0 aromatic carbocycles. The van der Waals surface area contributed by atoms with E-state index >= 15 is 0 Å². The van der Waals surface area contributed by atoms with Gasteiger partial charge in [-0.1, -0.05) is 26.7 Å². The molecule has 19 heavy (non-hydrogen) atoms. The molecule has 0 aliphatic carbocycles. The number of methoxy groups -OCH3 is 1. The van der Waals surface area contributed by atoms with E-state index in [1.54, 1.807) is 11.4 Å². The summed E-state index contributed by atoms with van der Waals surface area (Å²) in [5, 5.41) is 4.61. The van der Waals surface area contributed by atoms with Gasteiger partial charge in [0.15, 0.2) is 0 Å². The molecule has 106 valence electrons. The maximum Gasteiger partial charge on any atom is 0.350 e. The minimum atomic E-state index is -0.410. The molecule has 1 rings (SSSR count). The Morgan fingerprint density at radius 2 is 2.16 bits per heavy atom. The number of carbonyl (C=O) groups excluding carboxylic acids is 2. The van der Waals surface area contributed by atoms with Crippen LogP contribution in [0.5, 0.6) is 0 Å². The first-order chi connectivity index (χ1) is 9.13. The molecule has 0 aliphatic heterocycles. The Morgan fingerprint density at radius 1 is 1.42 bits per heavy atom. The third-order valence-electron chi connectivity index (χ3n) is 3.06. The van der Waals surface area contributed by atoms with Crippen LogP contribution < -0.4 is 5.32 Å². The van der Waals surface area contributed by atoms with E-state index in [1.165, 1.54) is 18.4 Å². The molecule has 1 amide bonds. The van der Waals surface area contributed by atoms with Gasteiger partial charge in [0.05, 0.1) is 12.8 Å². The SMILES string of the molecule is CCCC[C@@H](CC)C(=O)Nc1ccsc1C(=O)OC. The Morgan fingerprint density at radius 3 is 2.74 bits per heavy atom. The van der Waals surface area contributed by atoms with E-state index in [2.05, 4.69) is 17.0 Å². The second-order valence-corrected chi connectivity index (χ2v) is 5.31. The maximum atomic E-state index is 12.2. The van der Waals surface area contributed by atoms with E-state index in [0.717, 1.165) is 25.7 Å². The number of rotatable bonds is 7. The molecule has 0 radical (unpaired) electrons. The average molecular weight is 283 g/mol. The molecule has 1 atom stereocenters. The van der Waals surface area contributed by atoms with Crippen LogP contribution in [0.4, 0.5) is 5.69 Å². The number of nitrogens with one attached hydrogen (secondary N) is 1. The molecule has 0 bridgehead atoms. The summed E-state index contributed by atoms with van der Waals surface area (Å²) in [6, 6.07) is 1.74. The maximum absolute atomic E-state index is 12.2. The molecular weight excluding hydrogens is 262 g/mol. The van der Waals surface area contributed by atoms with Crippen LogP contribution in [0.3, 0.4) is 0 Å². The monoisotopic (exact) mass is 283 g/mol. The topological polar surface area (TPSA) is 55.4 Å². The van der Waals surface area contributed by atoms with Gasteiger partial charge in [-0.05, 0) is 24.3 Å². The first-order valence-corrected chi connectivity index (χ1v) is 7.48. The lowest BCUT2D eigenvalue weighted by molar-refractivity contribution is -0.120. The van der Waals surface area contributed by atoms with E-state index < -0.39 is 5.97 Å². The molecule has 0 aliphatic rings. The van der Waals surface area contributed by atoms with Crippen LogP contribution in [0, 0.1) is 5.92 Å². The fourth-order valence-electron chi connectivity index (χ4n) is 1.86. The number of hydrogen-bond donors (Lipinski definition) is 1. The smallest absolute Gasteiger partial charge is 0.350 e. The van der Waals surface area contributed by atoms with Crippen molar-refractivity contribution in [1.82, 2.24) is 0 Å². The molecule has 1 N–H and O–H groups in total. The van der Waals surface area contributed by atoms with Crippen molar-refractivity contribution in [3.8, 4) is 0 Å². The summed E-state index contributed by atoms with van der Waals surface area (Å²) in [7, 11) is 1.34. The second kappa shape index (κ2) is 7.94. The average Bonchev–Trinajstić information content (AvgIpc) is 2.86. The van der Waals surface area contributed by atoms with E-state index in [1.807, 2.05) is 6.92 Å². The van der Waals surface area contributed by atoms with Gasteiger partial charge < -0.3 is 10.1 Å². The quantitative estimate of drug-likeness (QED) is 0.776. The first kappa shape index (κ1) is 15.7. The van der Waals surface area contributed by atoms with Crippen molar-refractivity contribution in [1.29, 1.82) is 0 Å². The fraction of sp³-hybridized carbons (Fsp3) is 0.571. The highest BCUT2D eigenvalue weighted by atomic mass is 32.1. The van der Waals surface area contributed by atoms with Crippen molar-refractivity contribution in [3.05, 3.63) is 16.3 Å². The predicted octanol–water partition coefficient (Wildman–Crippen LogP) is 3.69. The minimum absolute atomic E-state index is 0.00495. The number of esters is 1. The first-order valence-electron chi connectivity index (χ1n) is 6.60. The van der Waals surface area contributed by atoms with Gasteiger partial charge in [-0.3, -0.25) is 4.79 Å². The molecule has 0 saturated carbocycles. The number of carbonyl (C=O) groups is 2. The van der Waals surface area contributed by atoms with Crippen LogP contribution in [0.25, 0.3) is 0 Å². The van der Waals surface area contributed by atoms with E-state index in [-0.39, 0.29) is 11.8 Å². The van der Waals surface area contributed by atoms with Crippen LogP contribution in [-0.4, -0.2) is 19.0 Å². The lowest BCUT2D eigenvalue weighted by Gasteiger charge is -2.14. The van der Waals surface area contributed by atoms with Gasteiger partial charge in [0.25, 0.3) is 0 Å². The molecule has 0 unspecified atom stereocenters. The zero-order chi connectivity index (χ0) is 14.3. The zero-order valence-electron chi connectivity index (χ0n) is 11.7. The Labute approximate surface area is 118 Å². The minimum Gasteiger partial charge on any atom is -0.465 e. The summed E-state index contributed by atoms with van der Waals surface area (Å²) >= 11 is 1.27. The van der Waals surface area contributed by atoms with Crippen molar-refractivity contribution < 1.29 is 14.3 Å². The molecule has 1 aromatic rings. The third kappa shape index (κ3) is 4.35. The normalized spacial score (nSPS) is 11.9. The number of unbranched alkanes of at least 4 members (excludes halogenated alkanes) is 1. The Balaban J connectivity index is 2.70. The molecule has 0 spiro atoms. The molecule has 1 heterocycles. The van der Waals surface area contributed by atoms with Crippen LogP contribution in [0.1, 0.15) is 49.2 Å². The van der Waals surface area contributed by atoms with Gasteiger partial charge in [0.1, 0.15) is 4.88 Å². The highest BCUT2D eigenvalue weighted by Crippen LogP contribution is 2.24. The van der Waals surface area contributed by atoms with Crippen LogP contribution >= 0.6 is 11.3 Å². The summed E-state index contributed by atoms with van der Waals surface area (Å²) in [4.78, 5) is 24.1. The van der Waals surface area contributed by atoms with Gasteiger partial charge in [-0.2, -0.15) is 0 Å². The zero-order valence-corrected chi connectivity index (χ0v) is 12.5. The highest BCUT2D eigenvalue weighted by Gasteiger charge is 2.20. The molecular formula is C14H21NO3S. The van der Waals surface area contributed by atoms with Crippen molar-refractivity contribution in [2.24, 2.45) is 5.92 Å². The molecule has 4 nitrogen and oxygen atoms in total. The number of thiophene rings is 1. The number of ether oxygens (including phenoxy) is 1. The van der Waals surface area contributed by atoms with Gasteiger partial charge in [0, 0.05) is 5.92 Å². The largest absolute Gasteiger partial charge is 0.465 e. The van der Waals surface area contributed by atoms with Crippen molar-refractivity contribution in [2.75, 3.05) is 12.4 Å². The summed E-state index contributed by atoms with van der Waals surface area (Å²) in [6.45, 7) is 4.12. The van der Waals surface area contributed by atoms with E-state index in [0.29, 0.717) is 10.6 Å². The number of amides is 1. The Kier molecular flexibility index (Phi) is 6.56. The van der Waals surface area contributed by atoms with Crippen LogP contribution in [0.15, 0.2) is 11.4 Å². The highest BCUT2D eigenvalue weighted by molar-refractivity contribution is 7.12. The van der Waals surface area contributed by atoms with Gasteiger partial charge in [-0.15, -0.1) is 11.3 Å². The van der Waals surface area contributed by atoms with Crippen molar-refractivity contribution >= 4 is 28.9 Å². The summed E-state index contributed by atoms with van der Waals surface area (Å²) in [6.07, 6.45) is 3.81. The molecule has 0 saturated heterocycles. The fourth-order valence-corrected chi connectivity index (χ4v) is 2.63. The van der Waals surface area contributed by atoms with Gasteiger partial charge >= 0.3 is 5.97 Å². The second-order valence-electron chi connectivity index (χ2n) is 4.39. The number of hydrogen-bond acceptors (Lipinski definition) is 4. The molecule has 1 aromatic heterocycles. The molecule has 0 fully saturated rings. The van der Waals surface area contributed by atoms with Crippen LogP contribution in [-0.2, 0) is 9.53 Å². The lowest BCUT2D eigenvalue weighted by atomic mass is 9.98. The van der Waals surface area contributed by atoms with Crippen molar-refractivity contribution in [3.63, 3.8) is 0 Å². The lowest BCUT2D eigenvalue weighted by Crippen LogP contribution is -2.23. The van der Waals surface area contributed by atoms with Crippen molar-refractivity contribution in [2.45, 2.75) is 39.5 Å².